The van der Waals surface area contributed by atoms with Crippen LogP contribution in [0.1, 0.15) is 50.1 Å². The largest absolute Gasteiger partial charge is 0.0587 e. The van der Waals surface area contributed by atoms with Crippen LogP contribution >= 0.6 is 0 Å². The Balaban J connectivity index is 1.64. The average Bonchev–Trinajstić information content (AvgIpc) is 2.83. The lowest BCUT2D eigenvalue weighted by atomic mass is 10.0. The quantitative estimate of drug-likeness (QED) is 0.270. The summed E-state index contributed by atoms with van der Waals surface area (Å²) in [5, 5.41) is 0. The van der Waals surface area contributed by atoms with Gasteiger partial charge in [-0.2, -0.15) is 0 Å². The number of rotatable bonds is 6. The fourth-order valence-corrected chi connectivity index (χ4v) is 3.60. The van der Waals surface area contributed by atoms with Crippen molar-refractivity contribution in [2.75, 3.05) is 0 Å². The molecule has 0 N–H and O–H groups in total. The lowest BCUT2D eigenvalue weighted by Gasteiger charge is -2.04. The van der Waals surface area contributed by atoms with Crippen molar-refractivity contribution in [2.45, 2.75) is 20.8 Å². The van der Waals surface area contributed by atoms with Crippen molar-refractivity contribution in [3.63, 3.8) is 0 Å². The van der Waals surface area contributed by atoms with E-state index >= 15 is 0 Å². The smallest absolute Gasteiger partial charge is 0.0245 e. The van der Waals surface area contributed by atoms with Crippen LogP contribution in [0.15, 0.2) is 91.0 Å². The summed E-state index contributed by atoms with van der Waals surface area (Å²) in [4.78, 5) is 0. The highest BCUT2D eigenvalue weighted by atomic mass is 14.0. The summed E-state index contributed by atoms with van der Waals surface area (Å²) in [6.07, 6.45) is 13.1. The van der Waals surface area contributed by atoms with Gasteiger partial charge in [0, 0.05) is 0 Å². The molecule has 0 aromatic heterocycles. The van der Waals surface area contributed by atoms with Gasteiger partial charge >= 0.3 is 0 Å². The summed E-state index contributed by atoms with van der Waals surface area (Å²) in [7, 11) is 0. The van der Waals surface area contributed by atoms with E-state index in [2.05, 4.69) is 148 Å². The highest BCUT2D eigenvalue weighted by Crippen LogP contribution is 2.19. The van der Waals surface area contributed by atoms with Gasteiger partial charge in [-0.15, -0.1) is 0 Å². The van der Waals surface area contributed by atoms with Crippen LogP contribution in [0.3, 0.4) is 0 Å². The van der Waals surface area contributed by atoms with E-state index in [1.54, 1.807) is 0 Å². The Morgan fingerprint density at radius 2 is 0.515 bits per heavy atom. The van der Waals surface area contributed by atoms with E-state index in [0.717, 1.165) is 0 Å². The maximum atomic E-state index is 2.23. The third-order valence-electron chi connectivity index (χ3n) is 5.64. The van der Waals surface area contributed by atoms with E-state index in [1.165, 1.54) is 50.1 Å². The van der Waals surface area contributed by atoms with E-state index in [1.807, 2.05) is 0 Å². The molecule has 0 saturated heterocycles. The molecule has 0 aliphatic rings. The second kappa shape index (κ2) is 10.6. The highest BCUT2D eigenvalue weighted by Gasteiger charge is 1.98. The van der Waals surface area contributed by atoms with E-state index in [-0.39, 0.29) is 0 Å². The zero-order chi connectivity index (χ0) is 23.0. The van der Waals surface area contributed by atoms with Crippen molar-refractivity contribution in [1.29, 1.82) is 0 Å². The Labute approximate surface area is 198 Å². The molecule has 0 aliphatic heterocycles. The molecule has 0 saturated carbocycles. The minimum absolute atomic E-state index is 1.19. The van der Waals surface area contributed by atoms with Gasteiger partial charge < -0.3 is 0 Å². The Bertz CT molecular complexity index is 1100. The summed E-state index contributed by atoms with van der Waals surface area (Å²) < 4.78 is 0. The third-order valence-corrected chi connectivity index (χ3v) is 5.64. The molecule has 4 aromatic rings. The Morgan fingerprint density at radius 1 is 0.303 bits per heavy atom. The van der Waals surface area contributed by atoms with Crippen LogP contribution in [-0.4, -0.2) is 0 Å². The molecule has 0 heterocycles. The summed E-state index contributed by atoms with van der Waals surface area (Å²) in [6.45, 7) is 6.35. The zero-order valence-corrected chi connectivity index (χ0v) is 19.6. The maximum absolute atomic E-state index is 2.23. The number of hydrogen-bond donors (Lipinski definition) is 0. The van der Waals surface area contributed by atoms with Crippen LogP contribution in [0, 0.1) is 20.8 Å². The van der Waals surface area contributed by atoms with Crippen molar-refractivity contribution in [1.82, 2.24) is 0 Å². The normalized spacial score (nSPS) is 11.7. The Morgan fingerprint density at radius 3 is 0.758 bits per heavy atom. The second-order valence-corrected chi connectivity index (χ2v) is 8.67. The molecule has 0 spiro atoms. The van der Waals surface area contributed by atoms with Gasteiger partial charge in [0.05, 0.1) is 0 Å². The molecule has 0 aliphatic carbocycles. The van der Waals surface area contributed by atoms with Crippen LogP contribution in [0.25, 0.3) is 36.5 Å². The molecular weight excluding hydrogens is 396 g/mol. The first-order chi connectivity index (χ1) is 16.0. The fourth-order valence-electron chi connectivity index (χ4n) is 3.60. The van der Waals surface area contributed by atoms with Crippen LogP contribution in [0.2, 0.25) is 0 Å². The van der Waals surface area contributed by atoms with Crippen molar-refractivity contribution >= 4 is 36.5 Å². The van der Waals surface area contributed by atoms with Gasteiger partial charge in [-0.25, -0.2) is 0 Å². The van der Waals surface area contributed by atoms with Gasteiger partial charge in [-0.1, -0.05) is 126 Å². The highest BCUT2D eigenvalue weighted by molar-refractivity contribution is 5.78. The predicted molar refractivity (Wildman–Crippen MR) is 147 cm³/mol. The second-order valence-electron chi connectivity index (χ2n) is 8.67. The topological polar surface area (TPSA) is 0 Å². The van der Waals surface area contributed by atoms with E-state index in [9.17, 15) is 0 Å². The minimum Gasteiger partial charge on any atom is -0.0587 e. The van der Waals surface area contributed by atoms with Crippen molar-refractivity contribution in [2.24, 2.45) is 0 Å². The molecule has 0 nitrogen and oxygen atoms in total. The van der Waals surface area contributed by atoms with E-state index in [0.29, 0.717) is 0 Å². The summed E-state index contributed by atoms with van der Waals surface area (Å²) in [5.41, 5.74) is 11.0. The zero-order valence-electron chi connectivity index (χ0n) is 19.6. The first-order valence-corrected chi connectivity index (χ1v) is 11.4. The molecule has 162 valence electrons. The third kappa shape index (κ3) is 6.79. The molecule has 0 fully saturated rings. The predicted octanol–water partition coefficient (Wildman–Crippen LogP) is 9.12. The van der Waals surface area contributed by atoms with Gasteiger partial charge in [0.25, 0.3) is 0 Å². The van der Waals surface area contributed by atoms with E-state index in [4.69, 9.17) is 0 Å². The lowest BCUT2D eigenvalue weighted by Crippen LogP contribution is -1.82. The van der Waals surface area contributed by atoms with Gasteiger partial charge in [-0.3, -0.25) is 0 Å². The van der Waals surface area contributed by atoms with Crippen LogP contribution in [0.5, 0.6) is 0 Å². The Kier molecular flexibility index (Phi) is 7.17. The van der Waals surface area contributed by atoms with Gasteiger partial charge in [-0.05, 0) is 72.4 Å². The Hall–Kier alpha value is -3.90. The monoisotopic (exact) mass is 426 g/mol. The standard InChI is InChI=1S/C33H30/c1-25-4-10-28(11-5-25)16-19-31-22-32(20-17-29-12-6-26(2)7-13-29)24-33(23-31)21-18-30-14-8-27(3)9-15-30/h4-24H,1-3H3/b19-16+,20-17+,21-18+. The van der Waals surface area contributed by atoms with Crippen molar-refractivity contribution < 1.29 is 0 Å². The molecule has 0 radical (unpaired) electrons. The molecule has 0 unspecified atom stereocenters. The molecule has 4 aromatic carbocycles. The molecular formula is C33H30. The summed E-state index contributed by atoms with van der Waals surface area (Å²) in [6, 6.07) is 32.5. The van der Waals surface area contributed by atoms with Crippen LogP contribution in [0.4, 0.5) is 0 Å². The van der Waals surface area contributed by atoms with Gasteiger partial charge in [0.2, 0.25) is 0 Å². The molecule has 0 amide bonds. The molecule has 4 rings (SSSR count). The number of benzene rings is 4. The van der Waals surface area contributed by atoms with Gasteiger partial charge in [0.15, 0.2) is 0 Å². The van der Waals surface area contributed by atoms with E-state index < -0.39 is 0 Å². The molecule has 0 heteroatoms. The van der Waals surface area contributed by atoms with Crippen molar-refractivity contribution in [3.8, 4) is 0 Å². The first-order valence-electron chi connectivity index (χ1n) is 11.4. The summed E-state index contributed by atoms with van der Waals surface area (Å²) in [5.74, 6) is 0. The average molecular weight is 427 g/mol. The van der Waals surface area contributed by atoms with Crippen LogP contribution in [-0.2, 0) is 0 Å². The SMILES string of the molecule is Cc1ccc(/C=C/c2cc(/C=C/c3ccc(C)cc3)cc(/C=C/c3ccc(C)cc3)c2)cc1. The number of aryl methyl sites for hydroxylation is 3. The minimum atomic E-state index is 1.19. The summed E-state index contributed by atoms with van der Waals surface area (Å²) >= 11 is 0. The van der Waals surface area contributed by atoms with Gasteiger partial charge in [0.1, 0.15) is 0 Å². The lowest BCUT2D eigenvalue weighted by molar-refractivity contribution is 1.46. The molecule has 0 bridgehead atoms. The molecule has 33 heavy (non-hydrogen) atoms. The van der Waals surface area contributed by atoms with Crippen molar-refractivity contribution in [3.05, 3.63) is 141 Å². The number of hydrogen-bond acceptors (Lipinski definition) is 0. The maximum Gasteiger partial charge on any atom is -0.0245 e. The molecule has 0 atom stereocenters. The first kappa shape index (κ1) is 22.3. The fraction of sp³-hybridized carbons (Fsp3) is 0.0909. The van der Waals surface area contributed by atoms with Crippen LogP contribution < -0.4 is 0 Å².